The number of aromatic nitrogens is 4. The average Bonchev–Trinajstić information content (AvgIpc) is 2.86. The lowest BCUT2D eigenvalue weighted by Crippen LogP contribution is -2.31. The summed E-state index contributed by atoms with van der Waals surface area (Å²) in [7, 11) is 0. The maximum absolute atomic E-state index is 11.9. The lowest BCUT2D eigenvalue weighted by Gasteiger charge is -2.07. The fourth-order valence-electron chi connectivity index (χ4n) is 1.57. The van der Waals surface area contributed by atoms with Gasteiger partial charge in [-0.05, 0) is 13.8 Å². The Bertz CT molecular complexity index is 622. The van der Waals surface area contributed by atoms with Crippen LogP contribution in [0, 0.1) is 6.92 Å². The molecule has 0 aliphatic heterocycles. The Balaban J connectivity index is 2.13. The number of nitrogens with zero attached hydrogens (tertiary/aromatic N) is 4. The molecule has 2 aromatic heterocycles. The number of hydrogen-bond acceptors (Lipinski definition) is 6. The number of nitrogens with one attached hydrogen (secondary N) is 1. The van der Waals surface area contributed by atoms with Gasteiger partial charge in [-0.1, -0.05) is 0 Å². The van der Waals surface area contributed by atoms with Crippen molar-refractivity contribution in [2.24, 2.45) is 0 Å². The highest BCUT2D eigenvalue weighted by Gasteiger charge is 2.14. The summed E-state index contributed by atoms with van der Waals surface area (Å²) in [5.41, 5.74) is 0.936. The Labute approximate surface area is 108 Å². The van der Waals surface area contributed by atoms with E-state index in [-0.39, 0.29) is 13.2 Å². The minimum atomic E-state index is -0.483. The Morgan fingerprint density at radius 1 is 1.42 bits per heavy atom. The summed E-state index contributed by atoms with van der Waals surface area (Å²) in [5, 5.41) is 6.42. The molecule has 1 N–H and O–H groups in total. The number of carbonyl (C=O) groups is 2. The molecule has 19 heavy (non-hydrogen) atoms. The highest BCUT2D eigenvalue weighted by atomic mass is 16.5. The van der Waals surface area contributed by atoms with Crippen molar-refractivity contribution in [2.45, 2.75) is 13.8 Å². The van der Waals surface area contributed by atoms with Crippen LogP contribution in [-0.4, -0.2) is 44.6 Å². The third kappa shape index (κ3) is 2.67. The number of ether oxygens (including phenoxy) is 1. The van der Waals surface area contributed by atoms with E-state index >= 15 is 0 Å². The number of aryl methyl sites for hydroxylation is 1. The Morgan fingerprint density at radius 3 is 2.95 bits per heavy atom. The summed E-state index contributed by atoms with van der Waals surface area (Å²) < 4.78 is 6.18. The van der Waals surface area contributed by atoms with Gasteiger partial charge in [-0.15, -0.1) is 0 Å². The predicted molar refractivity (Wildman–Crippen MR) is 64.5 cm³/mol. The van der Waals surface area contributed by atoms with Crippen LogP contribution in [0.1, 0.15) is 23.0 Å². The number of rotatable bonds is 4. The van der Waals surface area contributed by atoms with E-state index in [0.29, 0.717) is 17.0 Å². The van der Waals surface area contributed by atoms with E-state index in [9.17, 15) is 9.59 Å². The second-order valence-corrected chi connectivity index (χ2v) is 3.72. The van der Waals surface area contributed by atoms with Gasteiger partial charge in [0.05, 0.1) is 17.9 Å². The minimum Gasteiger partial charge on any atom is -0.465 e. The number of hydrogen-bond donors (Lipinski definition) is 1. The molecule has 0 aliphatic rings. The second-order valence-electron chi connectivity index (χ2n) is 3.72. The standard InChI is InChI=1S/C11H13N5O3/c1-3-19-9(17)5-12-10(18)8-4-13-11-14-6-15-16(11)7(8)2/h4,6H,3,5H2,1-2H3,(H,12,18). The van der Waals surface area contributed by atoms with Crippen LogP contribution in [0.2, 0.25) is 0 Å². The summed E-state index contributed by atoms with van der Waals surface area (Å²) in [6.07, 6.45) is 2.76. The number of esters is 1. The van der Waals surface area contributed by atoms with Crippen molar-refractivity contribution in [1.29, 1.82) is 0 Å². The van der Waals surface area contributed by atoms with E-state index in [1.165, 1.54) is 17.0 Å². The van der Waals surface area contributed by atoms with Gasteiger partial charge in [0.25, 0.3) is 11.7 Å². The summed E-state index contributed by atoms with van der Waals surface area (Å²) in [6, 6.07) is 0. The molecule has 1 amide bonds. The SMILES string of the molecule is CCOC(=O)CNC(=O)c1cnc2ncnn2c1C. The molecule has 0 radical (unpaired) electrons. The fraction of sp³-hybridized carbons (Fsp3) is 0.364. The molecule has 0 saturated carbocycles. The third-order valence-electron chi connectivity index (χ3n) is 2.49. The molecule has 100 valence electrons. The molecule has 0 atom stereocenters. The fourth-order valence-corrected chi connectivity index (χ4v) is 1.57. The van der Waals surface area contributed by atoms with Crippen LogP contribution >= 0.6 is 0 Å². The molecular formula is C11H13N5O3. The summed E-state index contributed by atoms with van der Waals surface area (Å²) in [5.74, 6) is -0.474. The van der Waals surface area contributed by atoms with E-state index in [4.69, 9.17) is 4.74 Å². The molecular weight excluding hydrogens is 250 g/mol. The highest BCUT2D eigenvalue weighted by Crippen LogP contribution is 2.06. The van der Waals surface area contributed by atoms with Crippen molar-refractivity contribution in [1.82, 2.24) is 24.9 Å². The molecule has 0 unspecified atom stereocenters. The zero-order chi connectivity index (χ0) is 13.8. The van der Waals surface area contributed by atoms with Crippen molar-refractivity contribution >= 4 is 17.7 Å². The smallest absolute Gasteiger partial charge is 0.325 e. The molecule has 0 spiro atoms. The second kappa shape index (κ2) is 5.42. The predicted octanol–water partition coefficient (Wildman–Crippen LogP) is -0.274. The van der Waals surface area contributed by atoms with Gasteiger partial charge in [0.1, 0.15) is 12.9 Å². The molecule has 2 rings (SSSR count). The first-order chi connectivity index (χ1) is 9.13. The Kier molecular flexibility index (Phi) is 3.69. The van der Waals surface area contributed by atoms with Crippen LogP contribution in [0.5, 0.6) is 0 Å². The molecule has 0 fully saturated rings. The zero-order valence-electron chi connectivity index (χ0n) is 10.6. The third-order valence-corrected chi connectivity index (χ3v) is 2.49. The quantitative estimate of drug-likeness (QED) is 0.762. The van der Waals surface area contributed by atoms with Gasteiger partial charge in [0.2, 0.25) is 0 Å². The maximum Gasteiger partial charge on any atom is 0.325 e. The van der Waals surface area contributed by atoms with E-state index in [0.717, 1.165) is 0 Å². The first-order valence-electron chi connectivity index (χ1n) is 5.72. The van der Waals surface area contributed by atoms with Crippen molar-refractivity contribution in [2.75, 3.05) is 13.2 Å². The van der Waals surface area contributed by atoms with E-state index in [1.54, 1.807) is 13.8 Å². The summed E-state index contributed by atoms with van der Waals surface area (Å²) in [4.78, 5) is 31.0. The van der Waals surface area contributed by atoms with Crippen LogP contribution in [-0.2, 0) is 9.53 Å². The monoisotopic (exact) mass is 263 g/mol. The van der Waals surface area contributed by atoms with Crippen LogP contribution in [0.3, 0.4) is 0 Å². The lowest BCUT2D eigenvalue weighted by atomic mass is 10.2. The van der Waals surface area contributed by atoms with Crippen molar-refractivity contribution in [3.63, 3.8) is 0 Å². The van der Waals surface area contributed by atoms with Gasteiger partial charge >= 0.3 is 5.97 Å². The van der Waals surface area contributed by atoms with Gasteiger partial charge in [0.15, 0.2) is 0 Å². The Morgan fingerprint density at radius 2 is 2.21 bits per heavy atom. The Hall–Kier alpha value is -2.51. The molecule has 0 aliphatic carbocycles. The number of amides is 1. The summed E-state index contributed by atoms with van der Waals surface area (Å²) in [6.45, 7) is 3.52. The number of carbonyl (C=O) groups excluding carboxylic acids is 2. The van der Waals surface area contributed by atoms with Gasteiger partial charge in [-0.25, -0.2) is 9.50 Å². The highest BCUT2D eigenvalue weighted by molar-refractivity contribution is 5.96. The first kappa shape index (κ1) is 12.9. The average molecular weight is 263 g/mol. The lowest BCUT2D eigenvalue weighted by molar-refractivity contribution is -0.141. The maximum atomic E-state index is 11.9. The van der Waals surface area contributed by atoms with Crippen LogP contribution < -0.4 is 5.32 Å². The van der Waals surface area contributed by atoms with Gasteiger partial charge < -0.3 is 10.1 Å². The molecule has 8 heteroatoms. The van der Waals surface area contributed by atoms with Gasteiger partial charge in [-0.3, -0.25) is 9.59 Å². The van der Waals surface area contributed by atoms with E-state index in [2.05, 4.69) is 20.4 Å². The zero-order valence-corrected chi connectivity index (χ0v) is 10.6. The van der Waals surface area contributed by atoms with Crippen molar-refractivity contribution in [3.8, 4) is 0 Å². The largest absolute Gasteiger partial charge is 0.465 e. The van der Waals surface area contributed by atoms with Crippen LogP contribution in [0.15, 0.2) is 12.5 Å². The van der Waals surface area contributed by atoms with Gasteiger partial charge in [-0.2, -0.15) is 10.1 Å². The molecule has 0 saturated heterocycles. The van der Waals surface area contributed by atoms with Crippen molar-refractivity contribution < 1.29 is 14.3 Å². The molecule has 0 aromatic carbocycles. The first-order valence-corrected chi connectivity index (χ1v) is 5.72. The molecule has 0 bridgehead atoms. The normalized spacial score (nSPS) is 10.4. The minimum absolute atomic E-state index is 0.179. The molecule has 2 aromatic rings. The number of fused-ring (bicyclic) bond motifs is 1. The van der Waals surface area contributed by atoms with E-state index < -0.39 is 11.9 Å². The molecule has 8 nitrogen and oxygen atoms in total. The van der Waals surface area contributed by atoms with Crippen LogP contribution in [0.25, 0.3) is 5.78 Å². The molecule has 2 heterocycles. The topological polar surface area (TPSA) is 98.5 Å². The summed E-state index contributed by atoms with van der Waals surface area (Å²) >= 11 is 0. The van der Waals surface area contributed by atoms with Gasteiger partial charge in [0, 0.05) is 6.20 Å². The van der Waals surface area contributed by atoms with E-state index in [1.807, 2.05) is 0 Å². The van der Waals surface area contributed by atoms with Crippen LogP contribution in [0.4, 0.5) is 0 Å². The van der Waals surface area contributed by atoms with Crippen molar-refractivity contribution in [3.05, 3.63) is 23.8 Å².